The molecule has 0 radical (unpaired) electrons. The van der Waals surface area contributed by atoms with E-state index in [4.69, 9.17) is 14.6 Å². The van der Waals surface area contributed by atoms with E-state index in [2.05, 4.69) is 4.72 Å². The molecule has 0 unspecified atom stereocenters. The van der Waals surface area contributed by atoms with Crippen LogP contribution in [0, 0.1) is 0 Å². The SMILES string of the molecule is COc1ccc(Cc2ccc(S(N)(=O)=O)c(NS(=O)(=O)c3c4ccccc4cc4ccccc34)c2)c2c(OC)cccc12. The topological polar surface area (TPSA) is 125 Å². The largest absolute Gasteiger partial charge is 0.496 e. The van der Waals surface area contributed by atoms with Gasteiger partial charge in [-0.25, -0.2) is 22.0 Å². The van der Waals surface area contributed by atoms with Crippen molar-refractivity contribution in [2.75, 3.05) is 18.9 Å². The molecular weight excluding hydrogens is 585 g/mol. The Morgan fingerprint density at radius 1 is 0.674 bits per heavy atom. The van der Waals surface area contributed by atoms with Gasteiger partial charge < -0.3 is 9.47 Å². The molecule has 0 aliphatic heterocycles. The van der Waals surface area contributed by atoms with Crippen LogP contribution in [-0.2, 0) is 26.5 Å². The average molecular weight is 613 g/mol. The van der Waals surface area contributed by atoms with Crippen LogP contribution in [0.4, 0.5) is 5.69 Å². The van der Waals surface area contributed by atoms with Crippen molar-refractivity contribution in [3.8, 4) is 11.5 Å². The van der Waals surface area contributed by atoms with Crippen LogP contribution in [0.15, 0.2) is 113 Å². The zero-order valence-corrected chi connectivity index (χ0v) is 25.0. The summed E-state index contributed by atoms with van der Waals surface area (Å²) < 4.78 is 67.2. The van der Waals surface area contributed by atoms with Gasteiger partial charge in [-0.2, -0.15) is 0 Å². The van der Waals surface area contributed by atoms with Gasteiger partial charge in [-0.3, -0.25) is 4.72 Å². The van der Waals surface area contributed by atoms with Crippen molar-refractivity contribution in [1.82, 2.24) is 0 Å². The second kappa shape index (κ2) is 10.9. The summed E-state index contributed by atoms with van der Waals surface area (Å²) in [5.74, 6) is 1.33. The van der Waals surface area contributed by atoms with Gasteiger partial charge in [0.15, 0.2) is 0 Å². The van der Waals surface area contributed by atoms with E-state index in [1.807, 2.05) is 60.7 Å². The van der Waals surface area contributed by atoms with Gasteiger partial charge in [0.05, 0.1) is 19.9 Å². The molecule has 0 amide bonds. The molecule has 0 bridgehead atoms. The Kier molecular flexibility index (Phi) is 7.21. The fourth-order valence-corrected chi connectivity index (χ4v) is 7.85. The minimum Gasteiger partial charge on any atom is -0.496 e. The van der Waals surface area contributed by atoms with E-state index >= 15 is 0 Å². The average Bonchev–Trinajstić information content (AvgIpc) is 2.98. The molecule has 0 atom stereocenters. The van der Waals surface area contributed by atoms with Crippen molar-refractivity contribution < 1.29 is 26.3 Å². The quantitative estimate of drug-likeness (QED) is 0.197. The zero-order valence-electron chi connectivity index (χ0n) is 23.4. The number of benzene rings is 6. The maximum Gasteiger partial charge on any atom is 0.263 e. The van der Waals surface area contributed by atoms with Crippen LogP contribution >= 0.6 is 0 Å². The van der Waals surface area contributed by atoms with Crippen LogP contribution in [0.3, 0.4) is 0 Å². The number of methoxy groups -OCH3 is 2. The minimum absolute atomic E-state index is 0.0536. The van der Waals surface area contributed by atoms with Crippen LogP contribution in [-0.4, -0.2) is 31.1 Å². The summed E-state index contributed by atoms with van der Waals surface area (Å²) in [5.41, 5.74) is 1.40. The maximum atomic E-state index is 14.1. The lowest BCUT2D eigenvalue weighted by Gasteiger charge is -2.17. The molecule has 0 fully saturated rings. The Balaban J connectivity index is 1.50. The number of sulfonamides is 2. The fourth-order valence-electron chi connectivity index (χ4n) is 5.60. The number of ether oxygens (including phenoxy) is 2. The molecule has 0 saturated carbocycles. The van der Waals surface area contributed by atoms with E-state index in [1.54, 1.807) is 44.6 Å². The third-order valence-corrected chi connectivity index (χ3v) is 9.90. The van der Waals surface area contributed by atoms with Gasteiger partial charge in [-0.1, -0.05) is 72.8 Å². The van der Waals surface area contributed by atoms with Crippen molar-refractivity contribution in [3.05, 3.63) is 114 Å². The first-order valence-corrected chi connectivity index (χ1v) is 16.4. The van der Waals surface area contributed by atoms with Crippen LogP contribution < -0.4 is 19.3 Å². The van der Waals surface area contributed by atoms with E-state index < -0.39 is 20.0 Å². The Morgan fingerprint density at radius 2 is 1.30 bits per heavy atom. The van der Waals surface area contributed by atoms with Gasteiger partial charge in [0.2, 0.25) is 10.0 Å². The first-order valence-electron chi connectivity index (χ1n) is 13.3. The number of anilines is 1. The molecule has 0 spiro atoms. The van der Waals surface area contributed by atoms with E-state index in [0.717, 1.165) is 27.1 Å². The Bertz CT molecular complexity index is 2210. The number of hydrogen-bond donors (Lipinski definition) is 2. The zero-order chi connectivity index (χ0) is 30.4. The number of rotatable bonds is 8. The number of fused-ring (bicyclic) bond motifs is 3. The van der Waals surface area contributed by atoms with Gasteiger partial charge in [0, 0.05) is 21.5 Å². The lowest BCUT2D eigenvalue weighted by atomic mass is 9.97. The van der Waals surface area contributed by atoms with Crippen molar-refractivity contribution in [3.63, 3.8) is 0 Å². The van der Waals surface area contributed by atoms with Crippen LogP contribution in [0.25, 0.3) is 32.3 Å². The first-order chi connectivity index (χ1) is 20.6. The summed E-state index contributed by atoms with van der Waals surface area (Å²) in [7, 11) is -5.40. The predicted octanol–water partition coefficient (Wildman–Crippen LogP) is 6.20. The first kappa shape index (κ1) is 28.5. The summed E-state index contributed by atoms with van der Waals surface area (Å²) in [6.07, 6.45) is 0.345. The van der Waals surface area contributed by atoms with Gasteiger partial charge in [-0.05, 0) is 58.7 Å². The normalized spacial score (nSPS) is 12.1. The van der Waals surface area contributed by atoms with Gasteiger partial charge >= 0.3 is 0 Å². The summed E-state index contributed by atoms with van der Waals surface area (Å²) in [4.78, 5) is -0.278. The highest BCUT2D eigenvalue weighted by molar-refractivity contribution is 7.93. The van der Waals surface area contributed by atoms with Crippen LogP contribution in [0.1, 0.15) is 11.1 Å². The molecule has 0 aliphatic rings. The molecule has 0 saturated heterocycles. The van der Waals surface area contributed by atoms with Gasteiger partial charge in [0.25, 0.3) is 10.0 Å². The molecule has 0 heterocycles. The Hall–Kier alpha value is -4.64. The summed E-state index contributed by atoms with van der Waals surface area (Å²) >= 11 is 0. The Labute approximate surface area is 249 Å². The predicted molar refractivity (Wildman–Crippen MR) is 170 cm³/mol. The molecule has 8 nitrogen and oxygen atoms in total. The lowest BCUT2D eigenvalue weighted by Crippen LogP contribution is -2.19. The number of nitrogens with one attached hydrogen (secondary N) is 1. The highest BCUT2D eigenvalue weighted by atomic mass is 32.2. The molecule has 10 heteroatoms. The maximum absolute atomic E-state index is 14.1. The highest BCUT2D eigenvalue weighted by Crippen LogP contribution is 2.38. The molecule has 43 heavy (non-hydrogen) atoms. The molecule has 6 rings (SSSR count). The van der Waals surface area contributed by atoms with Crippen molar-refractivity contribution in [2.24, 2.45) is 5.14 Å². The fraction of sp³-hybridized carbons (Fsp3) is 0.0909. The van der Waals surface area contributed by atoms with E-state index in [9.17, 15) is 16.8 Å². The number of hydrogen-bond acceptors (Lipinski definition) is 6. The smallest absolute Gasteiger partial charge is 0.263 e. The van der Waals surface area contributed by atoms with Crippen LogP contribution in [0.5, 0.6) is 11.5 Å². The second-order valence-electron chi connectivity index (χ2n) is 10.1. The number of nitrogens with two attached hydrogens (primary N) is 1. The molecule has 6 aromatic carbocycles. The van der Waals surface area contributed by atoms with Crippen molar-refractivity contribution in [1.29, 1.82) is 0 Å². The molecule has 6 aromatic rings. The second-order valence-corrected chi connectivity index (χ2v) is 13.3. The van der Waals surface area contributed by atoms with Crippen LogP contribution in [0.2, 0.25) is 0 Å². The minimum atomic E-state index is -4.30. The number of primary sulfonamides is 1. The molecule has 3 N–H and O–H groups in total. The monoisotopic (exact) mass is 612 g/mol. The molecular formula is C33H28N2O6S2. The molecule has 218 valence electrons. The molecule has 0 aliphatic carbocycles. The lowest BCUT2D eigenvalue weighted by molar-refractivity contribution is 0.415. The van der Waals surface area contributed by atoms with E-state index in [-0.39, 0.29) is 15.5 Å². The van der Waals surface area contributed by atoms with Gasteiger partial charge in [0.1, 0.15) is 21.3 Å². The highest BCUT2D eigenvalue weighted by Gasteiger charge is 2.25. The third kappa shape index (κ3) is 5.25. The van der Waals surface area contributed by atoms with Crippen molar-refractivity contribution >= 4 is 58.1 Å². The summed E-state index contributed by atoms with van der Waals surface area (Å²) in [6.45, 7) is 0. The van der Waals surface area contributed by atoms with Crippen molar-refractivity contribution in [2.45, 2.75) is 16.2 Å². The third-order valence-electron chi connectivity index (χ3n) is 7.47. The van der Waals surface area contributed by atoms with Gasteiger partial charge in [-0.15, -0.1) is 0 Å². The summed E-state index contributed by atoms with van der Waals surface area (Å²) in [5, 5.41) is 9.74. The van der Waals surface area contributed by atoms with E-state index in [0.29, 0.717) is 34.3 Å². The standard InChI is InChI=1S/C33H28N2O6S2/c1-40-29-16-15-24(32-27(29)12-7-13-30(32)41-2)18-21-14-17-31(42(34,36)37)28(19-21)35-43(38,39)33-25-10-5-3-8-22(25)20-23-9-4-6-11-26(23)33/h3-17,19-20,35H,18H2,1-2H3,(H2,34,36,37). The van der Waals surface area contributed by atoms with E-state index in [1.165, 1.54) is 12.1 Å². The Morgan fingerprint density at radius 3 is 1.93 bits per heavy atom. The summed E-state index contributed by atoms with van der Waals surface area (Å²) in [6, 6.07) is 30.1. The molecule has 0 aromatic heterocycles.